The van der Waals surface area contributed by atoms with Crippen LogP contribution in [-0.4, -0.2) is 64.9 Å². The molecule has 0 unspecified atom stereocenters. The number of hydrogen-bond acceptors (Lipinski definition) is 6. The van der Waals surface area contributed by atoms with Crippen molar-refractivity contribution in [3.63, 3.8) is 0 Å². The van der Waals surface area contributed by atoms with E-state index in [4.69, 9.17) is 4.74 Å². The van der Waals surface area contributed by atoms with Gasteiger partial charge in [-0.05, 0) is 89.2 Å². The number of amides is 1. The Labute approximate surface area is 249 Å². The second-order valence-electron chi connectivity index (χ2n) is 12.6. The van der Waals surface area contributed by atoms with Gasteiger partial charge in [-0.2, -0.15) is 0 Å². The number of esters is 1. The molecule has 0 saturated carbocycles. The molecule has 3 aliphatic rings. The van der Waals surface area contributed by atoms with E-state index in [9.17, 15) is 14.4 Å². The number of benzene rings is 2. The highest BCUT2D eigenvalue weighted by Gasteiger charge is 2.53. The van der Waals surface area contributed by atoms with Gasteiger partial charge in [0.2, 0.25) is 5.91 Å². The quantitative estimate of drug-likeness (QED) is 0.350. The molecular weight excluding hydrogens is 526 g/mol. The van der Waals surface area contributed by atoms with E-state index >= 15 is 0 Å². The maximum atomic E-state index is 14.2. The standard InChI is InChI=1S/C35H43N3O4/c1-34(2,3)42-32(40)29-15-10-12-27(24-29)25-37-26-38(30-16-8-5-9-17-30)35(33(37)41)19-22-36(23-20-35)21-11-18-31(39)28-13-6-4-7-14-28/h5-6,8-10,12-17,24H,4,7,11,18-23,25-26H2,1-3H3. The maximum absolute atomic E-state index is 14.2. The van der Waals surface area contributed by atoms with Crippen LogP contribution >= 0.6 is 0 Å². The number of anilines is 1. The molecule has 0 bridgehead atoms. The summed E-state index contributed by atoms with van der Waals surface area (Å²) in [5.74, 6) is 0.00684. The van der Waals surface area contributed by atoms with Crippen LogP contribution < -0.4 is 4.90 Å². The van der Waals surface area contributed by atoms with Gasteiger partial charge in [-0.15, -0.1) is 0 Å². The summed E-state index contributed by atoms with van der Waals surface area (Å²) >= 11 is 0. The van der Waals surface area contributed by atoms with Gasteiger partial charge >= 0.3 is 5.97 Å². The summed E-state index contributed by atoms with van der Waals surface area (Å²) in [4.78, 5) is 46.0. The number of para-hydroxylation sites is 1. The van der Waals surface area contributed by atoms with Crippen LogP contribution in [0.3, 0.4) is 0 Å². The molecule has 222 valence electrons. The molecule has 2 saturated heterocycles. The number of allylic oxidation sites excluding steroid dienone is 4. The highest BCUT2D eigenvalue weighted by Crippen LogP contribution is 2.40. The zero-order chi connectivity index (χ0) is 29.7. The molecule has 0 N–H and O–H groups in total. The molecule has 7 nitrogen and oxygen atoms in total. The minimum Gasteiger partial charge on any atom is -0.456 e. The topological polar surface area (TPSA) is 70.2 Å². The van der Waals surface area contributed by atoms with Gasteiger partial charge in [0, 0.05) is 37.3 Å². The molecule has 0 radical (unpaired) electrons. The van der Waals surface area contributed by atoms with Crippen molar-refractivity contribution in [1.29, 1.82) is 0 Å². The minimum absolute atomic E-state index is 0.139. The number of ketones is 1. The Morgan fingerprint density at radius 2 is 1.74 bits per heavy atom. The number of Topliss-reactive ketones (excluding diaryl/α,β-unsaturated/α-hetero) is 1. The van der Waals surface area contributed by atoms with Gasteiger partial charge < -0.3 is 19.4 Å². The van der Waals surface area contributed by atoms with Gasteiger partial charge in [0.25, 0.3) is 0 Å². The lowest BCUT2D eigenvalue weighted by Gasteiger charge is -2.43. The van der Waals surface area contributed by atoms with Crippen LogP contribution in [0.1, 0.15) is 75.2 Å². The lowest BCUT2D eigenvalue weighted by molar-refractivity contribution is -0.134. The van der Waals surface area contributed by atoms with Gasteiger partial charge in [-0.25, -0.2) is 4.79 Å². The second kappa shape index (κ2) is 12.7. The van der Waals surface area contributed by atoms with E-state index in [-0.39, 0.29) is 17.7 Å². The van der Waals surface area contributed by atoms with Crippen molar-refractivity contribution >= 4 is 23.3 Å². The van der Waals surface area contributed by atoms with Crippen molar-refractivity contribution in [2.45, 2.75) is 77.0 Å². The molecule has 2 aromatic carbocycles. The minimum atomic E-state index is -0.603. The van der Waals surface area contributed by atoms with Crippen LogP contribution in [-0.2, 0) is 20.9 Å². The third-order valence-corrected chi connectivity index (χ3v) is 8.40. The smallest absolute Gasteiger partial charge is 0.338 e. The van der Waals surface area contributed by atoms with Crippen molar-refractivity contribution in [3.05, 3.63) is 89.5 Å². The number of nitrogens with zero attached hydrogens (tertiary/aromatic N) is 3. The summed E-state index contributed by atoms with van der Waals surface area (Å²) in [5, 5.41) is 0. The first kappa shape index (κ1) is 29.8. The molecule has 0 atom stereocenters. The van der Waals surface area contributed by atoms with Crippen molar-refractivity contribution < 1.29 is 19.1 Å². The molecule has 7 heteroatoms. The van der Waals surface area contributed by atoms with Crippen LogP contribution in [0, 0.1) is 0 Å². The molecule has 1 spiro atoms. The van der Waals surface area contributed by atoms with E-state index in [2.05, 4.69) is 34.1 Å². The first-order valence-electron chi connectivity index (χ1n) is 15.2. The molecular formula is C35H43N3O4. The maximum Gasteiger partial charge on any atom is 0.338 e. The average Bonchev–Trinajstić information content (AvgIpc) is 3.24. The number of piperidine rings is 1. The third kappa shape index (κ3) is 6.84. The Hall–Kier alpha value is -3.71. The molecule has 42 heavy (non-hydrogen) atoms. The average molecular weight is 570 g/mol. The number of carbonyl (C=O) groups is 3. The van der Waals surface area contributed by atoms with Crippen LogP contribution in [0.5, 0.6) is 0 Å². The number of rotatable bonds is 9. The van der Waals surface area contributed by atoms with Crippen molar-refractivity contribution in [3.8, 4) is 0 Å². The molecule has 2 aliphatic heterocycles. The van der Waals surface area contributed by atoms with E-state index in [1.165, 1.54) is 0 Å². The summed E-state index contributed by atoms with van der Waals surface area (Å²) in [7, 11) is 0. The number of ether oxygens (including phenoxy) is 1. The Balaban J connectivity index is 1.25. The molecule has 2 fully saturated rings. The molecule has 1 amide bonds. The second-order valence-corrected chi connectivity index (χ2v) is 12.6. The van der Waals surface area contributed by atoms with E-state index in [0.717, 1.165) is 68.6 Å². The van der Waals surface area contributed by atoms with Gasteiger partial charge in [0.1, 0.15) is 11.1 Å². The summed E-state index contributed by atoms with van der Waals surface area (Å²) in [6, 6.07) is 17.6. The number of carbonyl (C=O) groups excluding carboxylic acids is 3. The number of likely N-dealkylation sites (tertiary alicyclic amines) is 1. The zero-order valence-electron chi connectivity index (χ0n) is 25.2. The molecule has 5 rings (SSSR count). The number of hydrogen-bond donors (Lipinski definition) is 0. The van der Waals surface area contributed by atoms with E-state index in [1.54, 1.807) is 6.07 Å². The van der Waals surface area contributed by atoms with Gasteiger partial charge in [-0.1, -0.05) is 48.6 Å². The summed E-state index contributed by atoms with van der Waals surface area (Å²) in [5.41, 5.74) is 2.12. The highest BCUT2D eigenvalue weighted by molar-refractivity contribution is 5.98. The lowest BCUT2D eigenvalue weighted by Crippen LogP contribution is -2.56. The Morgan fingerprint density at radius 1 is 0.976 bits per heavy atom. The Kier molecular flexibility index (Phi) is 8.97. The first-order chi connectivity index (χ1) is 20.1. The van der Waals surface area contributed by atoms with E-state index in [1.807, 2.05) is 68.1 Å². The third-order valence-electron chi connectivity index (χ3n) is 8.40. The molecule has 0 aromatic heterocycles. The van der Waals surface area contributed by atoms with Gasteiger partial charge in [-0.3, -0.25) is 9.59 Å². The SMILES string of the molecule is CC(C)(C)OC(=O)c1cccc(CN2CN(c3ccccc3)C3(CCN(CCCC(=O)C4=CCCC=C4)CC3)C2=O)c1. The Bertz CT molecular complexity index is 1350. The zero-order valence-corrected chi connectivity index (χ0v) is 25.2. The summed E-state index contributed by atoms with van der Waals surface area (Å²) < 4.78 is 5.56. The van der Waals surface area contributed by atoms with Crippen molar-refractivity contribution in [1.82, 2.24) is 9.80 Å². The van der Waals surface area contributed by atoms with Crippen LogP contribution in [0.2, 0.25) is 0 Å². The van der Waals surface area contributed by atoms with Crippen LogP contribution in [0.25, 0.3) is 0 Å². The molecule has 2 aromatic rings. The van der Waals surface area contributed by atoms with Crippen molar-refractivity contribution in [2.24, 2.45) is 0 Å². The predicted molar refractivity (Wildman–Crippen MR) is 165 cm³/mol. The summed E-state index contributed by atoms with van der Waals surface area (Å²) in [6.45, 7) is 8.97. The van der Waals surface area contributed by atoms with Crippen molar-refractivity contribution in [2.75, 3.05) is 31.2 Å². The monoisotopic (exact) mass is 569 g/mol. The summed E-state index contributed by atoms with van der Waals surface area (Å²) in [6.07, 6.45) is 10.9. The molecule has 1 aliphatic carbocycles. The highest BCUT2D eigenvalue weighted by atomic mass is 16.6. The van der Waals surface area contributed by atoms with Gasteiger partial charge in [0.05, 0.1) is 12.2 Å². The van der Waals surface area contributed by atoms with E-state index in [0.29, 0.717) is 25.2 Å². The fraction of sp³-hybridized carbons (Fsp3) is 0.457. The molecule has 2 heterocycles. The van der Waals surface area contributed by atoms with Crippen LogP contribution in [0.4, 0.5) is 5.69 Å². The normalized spacial score (nSPS) is 18.8. The fourth-order valence-corrected chi connectivity index (χ4v) is 6.25. The fourth-order valence-electron chi connectivity index (χ4n) is 6.25. The Morgan fingerprint density at radius 3 is 2.43 bits per heavy atom. The van der Waals surface area contributed by atoms with E-state index < -0.39 is 11.1 Å². The largest absolute Gasteiger partial charge is 0.456 e. The predicted octanol–water partition coefficient (Wildman–Crippen LogP) is 5.91. The van der Waals surface area contributed by atoms with Crippen LogP contribution in [0.15, 0.2) is 78.4 Å². The lowest BCUT2D eigenvalue weighted by atomic mass is 9.85. The first-order valence-corrected chi connectivity index (χ1v) is 15.2. The van der Waals surface area contributed by atoms with Gasteiger partial charge in [0.15, 0.2) is 5.78 Å².